The van der Waals surface area contributed by atoms with Gasteiger partial charge >= 0.3 is 42.8 Å². The molecule has 3 heteroatoms. The first-order valence-corrected chi connectivity index (χ1v) is 19.6. The van der Waals surface area contributed by atoms with Crippen LogP contribution in [0.5, 0.6) is 0 Å². The monoisotopic (exact) mass is 467 g/mol. The van der Waals surface area contributed by atoms with Crippen LogP contribution < -0.4 is 0 Å². The van der Waals surface area contributed by atoms with Crippen LogP contribution in [0.25, 0.3) is 6.08 Å². The van der Waals surface area contributed by atoms with Crippen LogP contribution in [0.1, 0.15) is 18.1 Å². The number of allylic oxidation sites excluding steroid dienone is 1. The Hall–Kier alpha value is 0.790. The second kappa shape index (κ2) is 6.31. The van der Waals surface area contributed by atoms with E-state index >= 15 is 0 Å². The molecule has 0 heterocycles. The topological polar surface area (TPSA) is 0 Å². The summed E-state index contributed by atoms with van der Waals surface area (Å²) < 4.78 is 0. The second-order valence-corrected chi connectivity index (χ2v) is 18.4. The zero-order chi connectivity index (χ0) is 9.68. The Kier molecular flexibility index (Phi) is 5.75. The van der Waals surface area contributed by atoms with E-state index in [0.29, 0.717) is 0 Å². The molecule has 1 aliphatic carbocycles. The molecular weight excluding hydrogens is 458 g/mol. The fraction of sp³-hybridized carbons (Fsp3) is 0.100. The van der Waals surface area contributed by atoms with Crippen molar-refractivity contribution in [2.75, 3.05) is 0 Å². The molecule has 1 aromatic rings. The molecule has 67 valence electrons. The summed E-state index contributed by atoms with van der Waals surface area (Å²) in [7, 11) is 0. The first-order valence-electron chi connectivity index (χ1n) is 3.86. The molecule has 0 unspecified atom stereocenters. The van der Waals surface area contributed by atoms with Gasteiger partial charge in [0.05, 0.1) is 0 Å². The van der Waals surface area contributed by atoms with Gasteiger partial charge in [-0.25, -0.2) is 0 Å². The molecule has 13 heavy (non-hydrogen) atoms. The average molecular weight is 467 g/mol. The minimum absolute atomic E-state index is 0.292. The van der Waals surface area contributed by atoms with Crippen molar-refractivity contribution in [2.45, 2.75) is 6.92 Å². The zero-order valence-corrected chi connectivity index (χ0v) is 14.0. The summed E-state index contributed by atoms with van der Waals surface area (Å²) in [6.45, 7) is 2.12. The van der Waals surface area contributed by atoms with E-state index in [-0.39, 0.29) is 18.2 Å². The second-order valence-electron chi connectivity index (χ2n) is 2.73. The molecule has 1 aliphatic rings. The first kappa shape index (κ1) is 11.9. The van der Waals surface area contributed by atoms with Gasteiger partial charge in [-0.15, -0.1) is 0 Å². The molecule has 1 radical (unpaired) electrons. The van der Waals surface area contributed by atoms with E-state index in [2.05, 4.69) is 68.3 Å². The Morgan fingerprint density at radius 1 is 1.08 bits per heavy atom. The Labute approximate surface area is 102 Å². The van der Waals surface area contributed by atoms with E-state index in [1.807, 2.05) is 0 Å². The van der Waals surface area contributed by atoms with Gasteiger partial charge in [0.25, 0.3) is 0 Å². The van der Waals surface area contributed by atoms with Gasteiger partial charge in [0.15, 0.2) is 0 Å². The third kappa shape index (κ3) is 3.80. The van der Waals surface area contributed by atoms with Crippen molar-refractivity contribution in [2.24, 2.45) is 0 Å². The molecule has 0 aromatic heterocycles. The van der Waals surface area contributed by atoms with Crippen molar-refractivity contribution in [1.82, 2.24) is 0 Å². The molecule has 1 aromatic carbocycles. The van der Waals surface area contributed by atoms with Crippen molar-refractivity contribution in [3.8, 4) is 0 Å². The number of hydrogen-bond acceptors (Lipinski definition) is 0. The van der Waals surface area contributed by atoms with Crippen molar-refractivity contribution in [1.29, 1.82) is 0 Å². The molecule has 0 saturated carbocycles. The molecule has 0 bridgehead atoms. The summed E-state index contributed by atoms with van der Waals surface area (Å²) in [6.07, 6.45) is 4.41. The number of hydrogen-bond donors (Lipinski definition) is 0. The number of halogens is 2. The van der Waals surface area contributed by atoms with Gasteiger partial charge in [0, 0.05) is 6.42 Å². The van der Waals surface area contributed by atoms with Crippen LogP contribution >= 0.6 is 24.6 Å². The van der Waals surface area contributed by atoms with Crippen molar-refractivity contribution >= 4 is 30.7 Å². The van der Waals surface area contributed by atoms with Crippen LogP contribution in [0, 0.1) is 6.42 Å². The van der Waals surface area contributed by atoms with Crippen LogP contribution in [-0.2, 0) is 18.2 Å². The van der Waals surface area contributed by atoms with Crippen molar-refractivity contribution < 1.29 is 18.2 Å². The summed E-state index contributed by atoms with van der Waals surface area (Å²) in [6, 6.07) is 8.42. The van der Waals surface area contributed by atoms with E-state index in [0.717, 1.165) is 0 Å². The van der Waals surface area contributed by atoms with Gasteiger partial charge in [0.2, 0.25) is 0 Å². The Balaban J connectivity index is 0.000000251. The van der Waals surface area contributed by atoms with Crippen LogP contribution in [0.2, 0.25) is 0 Å². The fourth-order valence-electron chi connectivity index (χ4n) is 1.31. The summed E-state index contributed by atoms with van der Waals surface area (Å²) in [4.78, 5) is 0. The maximum atomic E-state index is 3.26. The third-order valence-corrected chi connectivity index (χ3v) is 1.76. The molecule has 0 fully saturated rings. The first-order chi connectivity index (χ1) is 6.27. The van der Waals surface area contributed by atoms with Gasteiger partial charge in [-0.3, -0.25) is 0 Å². The van der Waals surface area contributed by atoms with Crippen LogP contribution in [-0.4, -0.2) is 0 Å². The van der Waals surface area contributed by atoms with Crippen LogP contribution in [0.15, 0.2) is 29.8 Å². The Morgan fingerprint density at radius 2 is 1.62 bits per heavy atom. The third-order valence-electron chi connectivity index (χ3n) is 1.76. The van der Waals surface area contributed by atoms with E-state index in [1.54, 1.807) is 0 Å². The standard InChI is InChI=1S/C10H9.2BrH.Hf/c1-8-6-9-4-2-3-5-10(9)7-8;;;/h2-7H,1H3;2*1H;/q;;;+2/p-2. The van der Waals surface area contributed by atoms with E-state index in [1.165, 1.54) is 16.7 Å². The van der Waals surface area contributed by atoms with Gasteiger partial charge in [-0.1, -0.05) is 35.9 Å². The van der Waals surface area contributed by atoms with Crippen molar-refractivity contribution in [3.05, 3.63) is 47.4 Å². The van der Waals surface area contributed by atoms with Gasteiger partial charge < -0.3 is 0 Å². The molecule has 0 saturated heterocycles. The summed E-state index contributed by atoms with van der Waals surface area (Å²) in [5.74, 6) is 0. The molecule has 0 N–H and O–H groups in total. The molecule has 0 aliphatic heterocycles. The van der Waals surface area contributed by atoms with Gasteiger partial charge in [-0.2, -0.15) is 0 Å². The molecule has 0 amide bonds. The van der Waals surface area contributed by atoms with E-state index in [9.17, 15) is 0 Å². The molecule has 0 nitrogen and oxygen atoms in total. The number of benzene rings is 1. The summed E-state index contributed by atoms with van der Waals surface area (Å²) in [5, 5.41) is 0. The quantitative estimate of drug-likeness (QED) is 0.498. The molecule has 0 spiro atoms. The van der Waals surface area contributed by atoms with E-state index < -0.39 is 0 Å². The predicted molar refractivity (Wildman–Crippen MR) is 61.3 cm³/mol. The molecule has 2 rings (SSSR count). The predicted octanol–water partition coefficient (Wildman–Crippen LogP) is 4.34. The fourth-order valence-corrected chi connectivity index (χ4v) is 1.31. The minimum atomic E-state index is -0.292. The SMILES string of the molecule is CC1=Cc2ccccc2[CH]1.[Br][Hf][Br]. The van der Waals surface area contributed by atoms with Gasteiger partial charge in [-0.05, 0) is 18.1 Å². The summed E-state index contributed by atoms with van der Waals surface area (Å²) in [5.41, 5.74) is 4.04. The maximum absolute atomic E-state index is 3.26. The van der Waals surface area contributed by atoms with E-state index in [4.69, 9.17) is 0 Å². The average Bonchev–Trinajstić information content (AvgIpc) is 2.45. The Morgan fingerprint density at radius 3 is 2.15 bits per heavy atom. The van der Waals surface area contributed by atoms with Crippen LogP contribution in [0.4, 0.5) is 0 Å². The Bertz CT molecular complexity index is 308. The normalized spacial score (nSPS) is 12.4. The zero-order valence-electron chi connectivity index (χ0n) is 7.22. The van der Waals surface area contributed by atoms with Crippen molar-refractivity contribution in [3.63, 3.8) is 0 Å². The summed E-state index contributed by atoms with van der Waals surface area (Å²) >= 11 is 6.22. The molecular formula is C10H9Br2Hf. The number of rotatable bonds is 0. The number of fused-ring (bicyclic) bond motifs is 1. The molecule has 0 atom stereocenters. The van der Waals surface area contributed by atoms with Gasteiger partial charge in [0.1, 0.15) is 0 Å². The van der Waals surface area contributed by atoms with Crippen LogP contribution in [0.3, 0.4) is 0 Å².